The zero-order chi connectivity index (χ0) is 20.5. The molecule has 1 aromatic carbocycles. The number of carbonyl (C=O) groups is 1. The van der Waals surface area contributed by atoms with Crippen LogP contribution in [0.15, 0.2) is 41.7 Å². The summed E-state index contributed by atoms with van der Waals surface area (Å²) in [5, 5.41) is 0.550. The monoisotopic (exact) mass is 402 g/mol. The van der Waals surface area contributed by atoms with E-state index in [2.05, 4.69) is 14.7 Å². The third-order valence-electron chi connectivity index (χ3n) is 4.68. The Morgan fingerprint density at radius 3 is 2.61 bits per heavy atom. The third kappa shape index (κ3) is 3.43. The maximum Gasteiger partial charge on any atom is 0.261 e. The molecular formula is C20H23ClN4O3. The van der Waals surface area contributed by atoms with Crippen molar-refractivity contribution in [2.75, 3.05) is 21.3 Å². The molecule has 0 saturated heterocycles. The maximum absolute atomic E-state index is 12.9. The van der Waals surface area contributed by atoms with Crippen LogP contribution in [0.25, 0.3) is 11.1 Å². The van der Waals surface area contributed by atoms with E-state index in [1.807, 2.05) is 31.2 Å². The molecule has 2 aromatic rings. The number of fused-ring (bicyclic) bond motifs is 2. The van der Waals surface area contributed by atoms with E-state index in [9.17, 15) is 4.79 Å². The van der Waals surface area contributed by atoms with Gasteiger partial charge in [0.1, 0.15) is 5.75 Å². The molecule has 148 valence electrons. The first-order valence-corrected chi connectivity index (χ1v) is 9.16. The SMILES string of the molecule is COC.C[C@@H]1C[C@@]2(N=C(N)N(C)C2=O)c2cc(-c3cncc(Cl)c3)ccc2O1. The van der Waals surface area contributed by atoms with Crippen LogP contribution < -0.4 is 10.5 Å². The number of hydrogen-bond donors (Lipinski definition) is 1. The number of aliphatic imine (C=N–C) groups is 1. The number of halogens is 1. The largest absolute Gasteiger partial charge is 0.490 e. The standard InChI is InChI=1S/C18H17ClN4O2.C2H6O/c1-10-7-18(16(24)23(2)17(20)22-18)14-6-11(3-4-15(14)25-10)12-5-13(19)9-21-8-12;1-3-2/h3-6,8-10H,7H2,1-2H3,(H2,20,22);1-2H3/t10-,18-;/m1./s1. The number of guanidine groups is 1. The van der Waals surface area contributed by atoms with Crippen molar-refractivity contribution in [3.63, 3.8) is 0 Å². The molecule has 2 N–H and O–H groups in total. The van der Waals surface area contributed by atoms with Gasteiger partial charge in [0.15, 0.2) is 11.5 Å². The summed E-state index contributed by atoms with van der Waals surface area (Å²) >= 11 is 6.05. The minimum atomic E-state index is -1.03. The smallest absolute Gasteiger partial charge is 0.261 e. The van der Waals surface area contributed by atoms with Crippen molar-refractivity contribution in [2.24, 2.45) is 10.7 Å². The van der Waals surface area contributed by atoms with Crippen molar-refractivity contribution in [1.29, 1.82) is 0 Å². The van der Waals surface area contributed by atoms with Crippen LogP contribution in [0.5, 0.6) is 5.75 Å². The lowest BCUT2D eigenvalue weighted by Crippen LogP contribution is -2.45. The quantitative estimate of drug-likeness (QED) is 0.792. The first-order valence-electron chi connectivity index (χ1n) is 8.78. The third-order valence-corrected chi connectivity index (χ3v) is 4.89. The van der Waals surface area contributed by atoms with Crippen molar-refractivity contribution in [2.45, 2.75) is 25.0 Å². The highest BCUT2D eigenvalue weighted by Crippen LogP contribution is 2.46. The molecule has 0 unspecified atom stereocenters. The molecule has 3 heterocycles. The number of rotatable bonds is 1. The van der Waals surface area contributed by atoms with Crippen LogP contribution in [-0.4, -0.2) is 49.1 Å². The molecule has 7 nitrogen and oxygen atoms in total. The lowest BCUT2D eigenvalue weighted by atomic mass is 9.81. The average molecular weight is 403 g/mol. The van der Waals surface area contributed by atoms with Crippen LogP contribution >= 0.6 is 11.6 Å². The fraction of sp³-hybridized carbons (Fsp3) is 0.350. The van der Waals surface area contributed by atoms with Crippen molar-refractivity contribution in [3.05, 3.63) is 47.2 Å². The highest BCUT2D eigenvalue weighted by Gasteiger charge is 2.52. The van der Waals surface area contributed by atoms with E-state index < -0.39 is 5.54 Å². The predicted molar refractivity (Wildman–Crippen MR) is 108 cm³/mol. The Morgan fingerprint density at radius 2 is 2.00 bits per heavy atom. The number of amides is 1. The van der Waals surface area contributed by atoms with Crippen molar-refractivity contribution < 1.29 is 14.3 Å². The molecule has 1 amide bonds. The van der Waals surface area contributed by atoms with E-state index in [0.29, 0.717) is 17.2 Å². The van der Waals surface area contributed by atoms with Crippen molar-refractivity contribution in [3.8, 4) is 16.9 Å². The minimum Gasteiger partial charge on any atom is -0.490 e. The second-order valence-electron chi connectivity index (χ2n) is 6.84. The molecule has 0 saturated carbocycles. The topological polar surface area (TPSA) is 90.0 Å². The average Bonchev–Trinajstić information content (AvgIpc) is 2.86. The zero-order valence-corrected chi connectivity index (χ0v) is 17.0. The number of benzene rings is 1. The number of likely N-dealkylation sites (N-methyl/N-ethyl adjacent to an activating group) is 1. The van der Waals surface area contributed by atoms with E-state index >= 15 is 0 Å². The van der Waals surface area contributed by atoms with E-state index in [-0.39, 0.29) is 18.0 Å². The Labute approximate surface area is 169 Å². The maximum atomic E-state index is 12.9. The summed E-state index contributed by atoms with van der Waals surface area (Å²) in [6, 6.07) is 7.53. The van der Waals surface area contributed by atoms with Gasteiger partial charge in [-0.1, -0.05) is 17.7 Å². The summed E-state index contributed by atoms with van der Waals surface area (Å²) in [7, 11) is 4.89. The fourth-order valence-corrected chi connectivity index (χ4v) is 3.67. The van der Waals surface area contributed by atoms with Crippen LogP contribution in [0.3, 0.4) is 0 Å². The molecule has 2 aliphatic rings. The molecule has 1 aromatic heterocycles. The summed E-state index contributed by atoms with van der Waals surface area (Å²) < 4.78 is 10.2. The van der Waals surface area contributed by atoms with Gasteiger partial charge >= 0.3 is 0 Å². The Kier molecular flexibility index (Phi) is 5.58. The molecule has 8 heteroatoms. The summed E-state index contributed by atoms with van der Waals surface area (Å²) in [4.78, 5) is 23.0. The highest BCUT2D eigenvalue weighted by atomic mass is 35.5. The fourth-order valence-electron chi connectivity index (χ4n) is 3.50. The Hall–Kier alpha value is -2.64. The highest BCUT2D eigenvalue weighted by molar-refractivity contribution is 6.30. The number of nitrogens with zero attached hydrogens (tertiary/aromatic N) is 3. The van der Waals surface area contributed by atoms with Gasteiger partial charge in [0, 0.05) is 51.2 Å². The summed E-state index contributed by atoms with van der Waals surface area (Å²) in [6.45, 7) is 1.93. The number of carbonyl (C=O) groups excluding carboxylic acids is 1. The minimum absolute atomic E-state index is 0.136. The molecule has 28 heavy (non-hydrogen) atoms. The first kappa shape index (κ1) is 20.1. The summed E-state index contributed by atoms with van der Waals surface area (Å²) in [5.74, 6) is 0.736. The van der Waals surface area contributed by atoms with Gasteiger partial charge in [-0.25, -0.2) is 4.99 Å². The van der Waals surface area contributed by atoms with E-state index in [4.69, 9.17) is 22.1 Å². The Morgan fingerprint density at radius 1 is 1.29 bits per heavy atom. The number of methoxy groups -OCH3 is 1. The van der Waals surface area contributed by atoms with E-state index in [1.54, 1.807) is 33.7 Å². The second-order valence-corrected chi connectivity index (χ2v) is 7.27. The lowest BCUT2D eigenvalue weighted by molar-refractivity contribution is -0.132. The molecular weight excluding hydrogens is 380 g/mol. The van der Waals surface area contributed by atoms with Crippen LogP contribution in [0.1, 0.15) is 18.9 Å². The van der Waals surface area contributed by atoms with Crippen molar-refractivity contribution in [1.82, 2.24) is 9.88 Å². The molecule has 2 aliphatic heterocycles. The van der Waals surface area contributed by atoms with Gasteiger partial charge in [-0.05, 0) is 30.7 Å². The number of ether oxygens (including phenoxy) is 2. The predicted octanol–water partition coefficient (Wildman–Crippen LogP) is 2.82. The van der Waals surface area contributed by atoms with Gasteiger partial charge in [-0.15, -0.1) is 0 Å². The molecule has 0 aliphatic carbocycles. The molecule has 4 rings (SSSR count). The molecule has 0 fully saturated rings. The molecule has 2 atom stereocenters. The summed E-state index contributed by atoms with van der Waals surface area (Å²) in [6.07, 6.45) is 3.61. The van der Waals surface area contributed by atoms with Crippen LogP contribution in [-0.2, 0) is 15.1 Å². The lowest BCUT2D eigenvalue weighted by Gasteiger charge is -2.35. The number of hydrogen-bond acceptors (Lipinski definition) is 6. The van der Waals surface area contributed by atoms with Crippen molar-refractivity contribution >= 4 is 23.5 Å². The van der Waals surface area contributed by atoms with Gasteiger partial charge in [-0.3, -0.25) is 14.7 Å². The van der Waals surface area contributed by atoms with Gasteiger partial charge in [0.05, 0.1) is 11.1 Å². The second kappa shape index (κ2) is 7.77. The van der Waals surface area contributed by atoms with Gasteiger partial charge < -0.3 is 15.2 Å². The van der Waals surface area contributed by atoms with Crippen LogP contribution in [0, 0.1) is 0 Å². The Bertz CT molecular complexity index is 933. The normalized spacial score (nSPS) is 22.9. The number of pyridine rings is 1. The zero-order valence-electron chi connectivity index (χ0n) is 16.3. The molecule has 0 bridgehead atoms. The Balaban J connectivity index is 0.000000706. The van der Waals surface area contributed by atoms with E-state index in [1.165, 1.54) is 4.90 Å². The number of nitrogens with two attached hydrogens (primary N) is 1. The van der Waals surface area contributed by atoms with Crippen LogP contribution in [0.4, 0.5) is 0 Å². The number of aromatic nitrogens is 1. The van der Waals surface area contributed by atoms with Crippen LogP contribution in [0.2, 0.25) is 5.02 Å². The molecule has 0 radical (unpaired) electrons. The van der Waals surface area contributed by atoms with Gasteiger partial charge in [-0.2, -0.15) is 0 Å². The van der Waals surface area contributed by atoms with Gasteiger partial charge in [0.25, 0.3) is 5.91 Å². The molecule has 1 spiro atoms. The van der Waals surface area contributed by atoms with Gasteiger partial charge in [0.2, 0.25) is 0 Å². The first-order chi connectivity index (χ1) is 13.3. The summed E-state index contributed by atoms with van der Waals surface area (Å²) in [5.41, 5.74) is 7.37. The van der Waals surface area contributed by atoms with E-state index in [0.717, 1.165) is 16.7 Å².